The monoisotopic (exact) mass is 390 g/mol. The zero-order valence-corrected chi connectivity index (χ0v) is 15.3. The summed E-state index contributed by atoms with van der Waals surface area (Å²) in [5.41, 5.74) is 1.09. The van der Waals surface area contributed by atoms with Crippen molar-refractivity contribution in [2.75, 3.05) is 26.2 Å². The van der Waals surface area contributed by atoms with Crippen molar-refractivity contribution in [2.45, 2.75) is 31.7 Å². The molecule has 1 N–H and O–H groups in total. The molecule has 1 aliphatic rings. The van der Waals surface area contributed by atoms with Gasteiger partial charge in [0.15, 0.2) is 0 Å². The van der Waals surface area contributed by atoms with E-state index < -0.39 is 0 Å². The molecule has 0 radical (unpaired) electrons. The number of nitrogens with zero attached hydrogens (tertiary/aromatic N) is 1. The summed E-state index contributed by atoms with van der Waals surface area (Å²) >= 11 is 3.41. The predicted octanol–water partition coefficient (Wildman–Crippen LogP) is 4.70. The number of hydrogen-bond donors (Lipinski definition) is 1. The Morgan fingerprint density at radius 1 is 1.27 bits per heavy atom. The molecule has 1 aromatic rings. The van der Waals surface area contributed by atoms with Crippen LogP contribution in [0.25, 0.3) is 0 Å². The van der Waals surface area contributed by atoms with Crippen LogP contribution >= 0.6 is 28.3 Å². The molecule has 0 bridgehead atoms. The summed E-state index contributed by atoms with van der Waals surface area (Å²) in [5, 5.41) is 3.38. The zero-order valence-electron chi connectivity index (χ0n) is 12.9. The van der Waals surface area contributed by atoms with E-state index >= 15 is 0 Å². The Kier molecular flexibility index (Phi) is 9.25. The SMILES string of the molecule is C=CCCCC[C@H](c1cc(F)cc(Br)c1)N1CCNCC1.Cl. The number of piperazine rings is 1. The lowest BCUT2D eigenvalue weighted by Gasteiger charge is -2.35. The molecule has 5 heteroatoms. The number of allylic oxidation sites excluding steroid dienone is 1. The molecule has 1 atom stereocenters. The summed E-state index contributed by atoms with van der Waals surface area (Å²) in [4.78, 5) is 2.48. The topological polar surface area (TPSA) is 15.3 Å². The maximum atomic E-state index is 13.7. The van der Waals surface area contributed by atoms with E-state index in [0.717, 1.165) is 61.9 Å². The number of rotatable bonds is 7. The van der Waals surface area contributed by atoms with Gasteiger partial charge in [-0.1, -0.05) is 28.4 Å². The molecule has 124 valence electrons. The molecule has 0 aliphatic carbocycles. The molecule has 1 heterocycles. The van der Waals surface area contributed by atoms with E-state index in [1.54, 1.807) is 6.07 Å². The van der Waals surface area contributed by atoms with Gasteiger partial charge in [0, 0.05) is 36.7 Å². The van der Waals surface area contributed by atoms with Crippen LogP contribution in [0.15, 0.2) is 35.3 Å². The van der Waals surface area contributed by atoms with E-state index in [9.17, 15) is 4.39 Å². The third kappa shape index (κ3) is 5.99. The highest BCUT2D eigenvalue weighted by Gasteiger charge is 2.22. The quantitative estimate of drug-likeness (QED) is 0.535. The van der Waals surface area contributed by atoms with Crippen LogP contribution in [0.4, 0.5) is 4.39 Å². The molecular weight excluding hydrogens is 367 g/mol. The fraction of sp³-hybridized carbons (Fsp3) is 0.529. The van der Waals surface area contributed by atoms with Crippen LogP contribution in [0.3, 0.4) is 0 Å². The maximum absolute atomic E-state index is 13.7. The van der Waals surface area contributed by atoms with E-state index in [2.05, 4.69) is 38.8 Å². The normalized spacial score (nSPS) is 16.8. The van der Waals surface area contributed by atoms with Gasteiger partial charge < -0.3 is 5.32 Å². The van der Waals surface area contributed by atoms with Gasteiger partial charge in [0.25, 0.3) is 0 Å². The van der Waals surface area contributed by atoms with Gasteiger partial charge >= 0.3 is 0 Å². The number of nitrogens with one attached hydrogen (secondary N) is 1. The largest absolute Gasteiger partial charge is 0.314 e. The van der Waals surface area contributed by atoms with Crippen LogP contribution in [-0.4, -0.2) is 31.1 Å². The average molecular weight is 392 g/mol. The Morgan fingerprint density at radius 2 is 2.00 bits per heavy atom. The third-order valence-electron chi connectivity index (χ3n) is 4.00. The van der Waals surface area contributed by atoms with E-state index in [-0.39, 0.29) is 18.2 Å². The van der Waals surface area contributed by atoms with Crippen LogP contribution in [0.2, 0.25) is 0 Å². The van der Waals surface area contributed by atoms with Gasteiger partial charge in [-0.2, -0.15) is 0 Å². The Labute approximate surface area is 147 Å². The summed E-state index contributed by atoms with van der Waals surface area (Å²) < 4.78 is 14.5. The molecule has 1 aromatic carbocycles. The molecule has 2 rings (SSSR count). The van der Waals surface area contributed by atoms with Gasteiger partial charge in [0.1, 0.15) is 5.82 Å². The number of halogens is 3. The number of benzene rings is 1. The number of hydrogen-bond acceptors (Lipinski definition) is 2. The minimum absolute atomic E-state index is 0. The van der Waals surface area contributed by atoms with Crippen molar-refractivity contribution in [3.63, 3.8) is 0 Å². The minimum atomic E-state index is -0.161. The molecule has 0 aromatic heterocycles. The highest BCUT2D eigenvalue weighted by atomic mass is 79.9. The minimum Gasteiger partial charge on any atom is -0.314 e. The molecule has 0 spiro atoms. The standard InChI is InChI=1S/C17H24BrFN2.ClH/c1-2-3-4-5-6-17(21-9-7-20-8-10-21)14-11-15(18)13-16(19)12-14;/h2,11-13,17,20H,1,3-10H2;1H/t17-;/m1./s1. The first kappa shape index (κ1) is 19.6. The maximum Gasteiger partial charge on any atom is 0.124 e. The van der Waals surface area contributed by atoms with Crippen molar-refractivity contribution >= 4 is 28.3 Å². The van der Waals surface area contributed by atoms with E-state index in [0.29, 0.717) is 6.04 Å². The molecule has 22 heavy (non-hydrogen) atoms. The van der Waals surface area contributed by atoms with Crippen molar-refractivity contribution < 1.29 is 4.39 Å². The highest BCUT2D eigenvalue weighted by Crippen LogP contribution is 2.29. The second-order valence-corrected chi connectivity index (χ2v) is 6.49. The van der Waals surface area contributed by atoms with Crippen molar-refractivity contribution in [3.8, 4) is 0 Å². The molecule has 0 unspecified atom stereocenters. The molecule has 0 amide bonds. The third-order valence-corrected chi connectivity index (χ3v) is 4.46. The predicted molar refractivity (Wildman–Crippen MR) is 97.2 cm³/mol. The lowest BCUT2D eigenvalue weighted by molar-refractivity contribution is 0.162. The van der Waals surface area contributed by atoms with Gasteiger partial charge in [-0.15, -0.1) is 19.0 Å². The zero-order chi connectivity index (χ0) is 15.1. The van der Waals surface area contributed by atoms with Crippen molar-refractivity contribution in [2.24, 2.45) is 0 Å². The van der Waals surface area contributed by atoms with Gasteiger partial charge in [0.2, 0.25) is 0 Å². The highest BCUT2D eigenvalue weighted by molar-refractivity contribution is 9.10. The number of unbranched alkanes of at least 4 members (excludes halogenated alkanes) is 2. The average Bonchev–Trinajstić information content (AvgIpc) is 2.47. The second kappa shape index (κ2) is 10.4. The molecule has 2 nitrogen and oxygen atoms in total. The summed E-state index contributed by atoms with van der Waals surface area (Å²) in [7, 11) is 0. The Hall–Kier alpha value is -0.420. The fourth-order valence-electron chi connectivity index (χ4n) is 2.95. The smallest absolute Gasteiger partial charge is 0.124 e. The van der Waals surface area contributed by atoms with Gasteiger partial charge in [-0.25, -0.2) is 4.39 Å². The summed E-state index contributed by atoms with van der Waals surface area (Å²) in [6.07, 6.45) is 6.40. The van der Waals surface area contributed by atoms with E-state index in [1.165, 1.54) is 6.07 Å². The van der Waals surface area contributed by atoms with Crippen LogP contribution in [0.5, 0.6) is 0 Å². The summed E-state index contributed by atoms with van der Waals surface area (Å²) in [5.74, 6) is -0.161. The van der Waals surface area contributed by atoms with Crippen LogP contribution in [0.1, 0.15) is 37.3 Å². The second-order valence-electron chi connectivity index (χ2n) is 5.58. The first-order valence-electron chi connectivity index (χ1n) is 7.72. The summed E-state index contributed by atoms with van der Waals surface area (Å²) in [6, 6.07) is 5.58. The van der Waals surface area contributed by atoms with Crippen LogP contribution < -0.4 is 5.32 Å². The van der Waals surface area contributed by atoms with E-state index in [1.807, 2.05) is 6.08 Å². The Morgan fingerprint density at radius 3 is 2.64 bits per heavy atom. The Balaban J connectivity index is 0.00000242. The Bertz CT molecular complexity index is 444. The van der Waals surface area contributed by atoms with Crippen LogP contribution in [0, 0.1) is 5.82 Å². The van der Waals surface area contributed by atoms with E-state index in [4.69, 9.17) is 0 Å². The fourth-order valence-corrected chi connectivity index (χ4v) is 3.43. The molecule has 0 saturated carbocycles. The van der Waals surface area contributed by atoms with Gasteiger partial charge in [-0.05, 0) is 43.0 Å². The lowest BCUT2D eigenvalue weighted by Crippen LogP contribution is -2.45. The molecule has 1 aliphatic heterocycles. The molecular formula is C17H25BrClFN2. The van der Waals surface area contributed by atoms with Crippen molar-refractivity contribution in [1.82, 2.24) is 10.2 Å². The molecule has 1 fully saturated rings. The lowest BCUT2D eigenvalue weighted by atomic mass is 9.98. The van der Waals surface area contributed by atoms with Gasteiger partial charge in [0.05, 0.1) is 0 Å². The van der Waals surface area contributed by atoms with Gasteiger partial charge in [-0.3, -0.25) is 4.90 Å². The summed E-state index contributed by atoms with van der Waals surface area (Å²) in [6.45, 7) is 7.86. The first-order valence-corrected chi connectivity index (χ1v) is 8.51. The van der Waals surface area contributed by atoms with Crippen molar-refractivity contribution in [3.05, 3.63) is 46.7 Å². The van der Waals surface area contributed by atoms with Crippen LogP contribution in [-0.2, 0) is 0 Å². The first-order chi connectivity index (χ1) is 10.2. The molecule has 1 saturated heterocycles. The van der Waals surface area contributed by atoms with Crippen molar-refractivity contribution in [1.29, 1.82) is 0 Å².